The summed E-state index contributed by atoms with van der Waals surface area (Å²) in [6.45, 7) is 2.67. The first-order chi connectivity index (χ1) is 16.4. The molecule has 0 fully saturated rings. The van der Waals surface area contributed by atoms with Crippen LogP contribution >= 0.6 is 34.2 Å². The Hall–Kier alpha value is -3.18. The summed E-state index contributed by atoms with van der Waals surface area (Å²) in [5.74, 6) is 0.694. The number of hydrogen-bond acceptors (Lipinski definition) is 6. The predicted molar refractivity (Wildman–Crippen MR) is 139 cm³/mol. The van der Waals surface area contributed by atoms with E-state index in [1.807, 2.05) is 25.1 Å². The monoisotopic (exact) mass is 593 g/mol. The van der Waals surface area contributed by atoms with E-state index in [2.05, 4.69) is 33.1 Å². The second-order valence-electron chi connectivity index (χ2n) is 7.03. The Balaban J connectivity index is 1.67. The van der Waals surface area contributed by atoms with E-state index in [4.69, 9.17) is 21.1 Å². The van der Waals surface area contributed by atoms with Gasteiger partial charge in [-0.25, -0.2) is 5.43 Å². The minimum absolute atomic E-state index is 0.105. The molecule has 8 nitrogen and oxygen atoms in total. The first-order valence-corrected chi connectivity index (χ1v) is 11.7. The molecule has 10 heteroatoms. The third-order valence-corrected chi connectivity index (χ3v) is 5.62. The van der Waals surface area contributed by atoms with Crippen molar-refractivity contribution in [3.05, 3.63) is 96.1 Å². The lowest BCUT2D eigenvalue weighted by Crippen LogP contribution is -2.20. The minimum Gasteiger partial charge on any atom is -0.490 e. The fourth-order valence-electron chi connectivity index (χ4n) is 3.03. The van der Waals surface area contributed by atoms with Gasteiger partial charge in [-0.3, -0.25) is 14.9 Å². The SMILES string of the molecule is CCOc1cc(/C=N/NC(=O)Cc2ccccc2[N+](=O)[O-])cc(I)c1OCc1ccc(Cl)cc1. The fraction of sp³-hybridized carbons (Fsp3) is 0.167. The third kappa shape index (κ3) is 7.16. The number of hydrogen-bond donors (Lipinski definition) is 1. The number of benzene rings is 3. The van der Waals surface area contributed by atoms with Gasteiger partial charge in [0.15, 0.2) is 11.5 Å². The molecule has 3 rings (SSSR count). The Labute approximate surface area is 215 Å². The Morgan fingerprint density at radius 3 is 2.62 bits per heavy atom. The van der Waals surface area contributed by atoms with E-state index in [1.165, 1.54) is 12.3 Å². The number of para-hydroxylation sites is 1. The highest BCUT2D eigenvalue weighted by atomic mass is 127. The number of nitro benzene ring substituents is 1. The smallest absolute Gasteiger partial charge is 0.273 e. The molecular formula is C24H21ClIN3O5. The highest BCUT2D eigenvalue weighted by molar-refractivity contribution is 14.1. The summed E-state index contributed by atoms with van der Waals surface area (Å²) in [6.07, 6.45) is 1.32. The van der Waals surface area contributed by atoms with Gasteiger partial charge in [-0.2, -0.15) is 5.10 Å². The Kier molecular flexibility index (Phi) is 9.23. The van der Waals surface area contributed by atoms with Crippen molar-refractivity contribution in [2.75, 3.05) is 6.61 Å². The van der Waals surface area contributed by atoms with Gasteiger partial charge in [0.25, 0.3) is 5.69 Å². The van der Waals surface area contributed by atoms with Crippen LogP contribution in [0.4, 0.5) is 5.69 Å². The predicted octanol–water partition coefficient (Wildman–Crippen LogP) is 5.52. The molecule has 0 saturated heterocycles. The van der Waals surface area contributed by atoms with E-state index in [1.54, 1.807) is 36.4 Å². The Bertz CT molecular complexity index is 1200. The molecule has 3 aromatic carbocycles. The standard InChI is InChI=1S/C24H21ClIN3O5/c1-2-33-22-12-17(11-20(26)24(22)34-15-16-7-9-19(25)10-8-16)14-27-28-23(30)13-18-5-3-4-6-21(18)29(31)32/h3-12,14H,2,13,15H2,1H3,(H,28,30)/b27-14+. The molecule has 1 N–H and O–H groups in total. The topological polar surface area (TPSA) is 103 Å². The average Bonchev–Trinajstić information content (AvgIpc) is 2.80. The van der Waals surface area contributed by atoms with Crippen molar-refractivity contribution in [2.45, 2.75) is 20.0 Å². The van der Waals surface area contributed by atoms with Crippen LogP contribution in [0.15, 0.2) is 65.8 Å². The van der Waals surface area contributed by atoms with Gasteiger partial charge in [-0.05, 0) is 64.9 Å². The molecule has 0 heterocycles. The summed E-state index contributed by atoms with van der Waals surface area (Å²) in [6, 6.07) is 17.1. The number of nitro groups is 1. The first kappa shape index (κ1) is 25.4. The van der Waals surface area contributed by atoms with Gasteiger partial charge in [0, 0.05) is 16.7 Å². The van der Waals surface area contributed by atoms with Crippen LogP contribution < -0.4 is 14.9 Å². The van der Waals surface area contributed by atoms with Gasteiger partial charge in [-0.1, -0.05) is 41.9 Å². The zero-order valence-electron chi connectivity index (χ0n) is 18.2. The van der Waals surface area contributed by atoms with Crippen LogP contribution in [0.5, 0.6) is 11.5 Å². The summed E-state index contributed by atoms with van der Waals surface area (Å²) >= 11 is 8.08. The first-order valence-electron chi connectivity index (χ1n) is 10.2. The van der Waals surface area contributed by atoms with Crippen LogP contribution in [0.2, 0.25) is 5.02 Å². The number of halogens is 2. The summed E-state index contributed by atoms with van der Waals surface area (Å²) < 4.78 is 12.6. The van der Waals surface area contributed by atoms with Crippen LogP contribution in [0.25, 0.3) is 0 Å². The average molecular weight is 594 g/mol. The second kappa shape index (κ2) is 12.3. The second-order valence-corrected chi connectivity index (χ2v) is 8.63. The largest absolute Gasteiger partial charge is 0.490 e. The number of carbonyl (C=O) groups excluding carboxylic acids is 1. The lowest BCUT2D eigenvalue weighted by Gasteiger charge is -2.15. The molecule has 176 valence electrons. The molecule has 0 spiro atoms. The molecular weight excluding hydrogens is 573 g/mol. The quantitative estimate of drug-likeness (QED) is 0.144. The number of nitrogens with one attached hydrogen (secondary N) is 1. The molecule has 3 aromatic rings. The van der Waals surface area contributed by atoms with Crippen LogP contribution in [0.3, 0.4) is 0 Å². The minimum atomic E-state index is -0.514. The van der Waals surface area contributed by atoms with E-state index in [0.717, 1.165) is 9.13 Å². The molecule has 0 saturated carbocycles. The summed E-state index contributed by atoms with van der Waals surface area (Å²) in [4.78, 5) is 22.8. The molecule has 1 amide bonds. The number of rotatable bonds is 10. The highest BCUT2D eigenvalue weighted by Gasteiger charge is 2.15. The molecule has 0 radical (unpaired) electrons. The van der Waals surface area contributed by atoms with Crippen LogP contribution in [-0.4, -0.2) is 23.7 Å². The molecule has 0 aliphatic carbocycles. The highest BCUT2D eigenvalue weighted by Crippen LogP contribution is 2.34. The molecule has 34 heavy (non-hydrogen) atoms. The number of hydrazone groups is 1. The molecule has 0 aliphatic rings. The van der Waals surface area contributed by atoms with Gasteiger partial charge < -0.3 is 9.47 Å². The normalized spacial score (nSPS) is 10.8. The Morgan fingerprint density at radius 2 is 1.91 bits per heavy atom. The van der Waals surface area contributed by atoms with Gasteiger partial charge in [0.05, 0.1) is 27.7 Å². The number of ether oxygens (including phenoxy) is 2. The number of amides is 1. The van der Waals surface area contributed by atoms with E-state index < -0.39 is 10.8 Å². The van der Waals surface area contributed by atoms with E-state index in [0.29, 0.717) is 40.9 Å². The van der Waals surface area contributed by atoms with Crippen LogP contribution in [-0.2, 0) is 17.8 Å². The lowest BCUT2D eigenvalue weighted by atomic mass is 10.1. The third-order valence-electron chi connectivity index (χ3n) is 4.57. The number of nitrogens with zero attached hydrogens (tertiary/aromatic N) is 2. The van der Waals surface area contributed by atoms with Gasteiger partial charge in [0.1, 0.15) is 6.61 Å². The van der Waals surface area contributed by atoms with Crippen LogP contribution in [0, 0.1) is 13.7 Å². The van der Waals surface area contributed by atoms with E-state index in [9.17, 15) is 14.9 Å². The van der Waals surface area contributed by atoms with Crippen molar-refractivity contribution in [1.82, 2.24) is 5.43 Å². The lowest BCUT2D eigenvalue weighted by molar-refractivity contribution is -0.385. The van der Waals surface area contributed by atoms with Crippen molar-refractivity contribution >= 4 is 52.0 Å². The van der Waals surface area contributed by atoms with Crippen molar-refractivity contribution in [3.8, 4) is 11.5 Å². The van der Waals surface area contributed by atoms with Crippen LogP contribution in [0.1, 0.15) is 23.6 Å². The maximum atomic E-state index is 12.2. The van der Waals surface area contributed by atoms with E-state index in [-0.39, 0.29) is 12.1 Å². The maximum absolute atomic E-state index is 12.2. The van der Waals surface area contributed by atoms with Crippen molar-refractivity contribution < 1.29 is 19.2 Å². The fourth-order valence-corrected chi connectivity index (χ4v) is 3.94. The van der Waals surface area contributed by atoms with Gasteiger partial charge >= 0.3 is 0 Å². The molecule has 0 aromatic heterocycles. The molecule has 0 unspecified atom stereocenters. The molecule has 0 bridgehead atoms. The number of carbonyl (C=O) groups is 1. The Morgan fingerprint density at radius 1 is 1.18 bits per heavy atom. The van der Waals surface area contributed by atoms with Crippen molar-refractivity contribution in [1.29, 1.82) is 0 Å². The summed E-state index contributed by atoms with van der Waals surface area (Å²) in [5.41, 5.74) is 4.28. The molecule has 0 atom stereocenters. The zero-order valence-corrected chi connectivity index (χ0v) is 21.1. The van der Waals surface area contributed by atoms with E-state index >= 15 is 0 Å². The van der Waals surface area contributed by atoms with Gasteiger partial charge in [-0.15, -0.1) is 0 Å². The molecule has 0 aliphatic heterocycles. The summed E-state index contributed by atoms with van der Waals surface area (Å²) in [7, 11) is 0. The maximum Gasteiger partial charge on any atom is 0.273 e. The van der Waals surface area contributed by atoms with Crippen molar-refractivity contribution in [3.63, 3.8) is 0 Å². The van der Waals surface area contributed by atoms with Crippen molar-refractivity contribution in [2.24, 2.45) is 5.10 Å². The zero-order chi connectivity index (χ0) is 24.5. The summed E-state index contributed by atoms with van der Waals surface area (Å²) in [5, 5.41) is 15.7. The van der Waals surface area contributed by atoms with Gasteiger partial charge in [0.2, 0.25) is 5.91 Å².